The van der Waals surface area contributed by atoms with Gasteiger partial charge in [0.25, 0.3) is 10.0 Å². The minimum absolute atomic E-state index is 0.0247. The first-order chi connectivity index (χ1) is 9.29. The summed E-state index contributed by atoms with van der Waals surface area (Å²) in [6.07, 6.45) is 1.29. The van der Waals surface area contributed by atoms with Crippen LogP contribution in [0.1, 0.15) is 0 Å². The molecule has 106 valence electrons. The molecule has 0 saturated heterocycles. The topological polar surface area (TPSA) is 105 Å². The van der Waals surface area contributed by atoms with Crippen molar-refractivity contribution in [3.63, 3.8) is 0 Å². The minimum Gasteiger partial charge on any atom is -0.506 e. The number of aromatic nitrogens is 1. The van der Waals surface area contributed by atoms with Crippen LogP contribution >= 0.6 is 27.5 Å². The first kappa shape index (κ1) is 14.9. The molecule has 0 amide bonds. The number of halogens is 2. The number of sulfonamides is 1. The molecule has 4 N–H and O–H groups in total. The number of pyridine rings is 1. The first-order valence-corrected chi connectivity index (χ1v) is 7.87. The molecule has 9 heteroatoms. The predicted molar refractivity (Wildman–Crippen MR) is 80.3 cm³/mol. The van der Waals surface area contributed by atoms with Crippen molar-refractivity contribution in [3.8, 4) is 5.75 Å². The summed E-state index contributed by atoms with van der Waals surface area (Å²) in [5, 5.41) is 9.52. The van der Waals surface area contributed by atoms with Crippen molar-refractivity contribution >= 4 is 48.9 Å². The van der Waals surface area contributed by atoms with Crippen LogP contribution in [0.25, 0.3) is 0 Å². The number of benzene rings is 1. The van der Waals surface area contributed by atoms with E-state index in [1.165, 1.54) is 24.4 Å². The molecular formula is C11H9BrClN3O3S. The van der Waals surface area contributed by atoms with Gasteiger partial charge >= 0.3 is 0 Å². The monoisotopic (exact) mass is 377 g/mol. The number of phenolic OH excluding ortho intramolecular Hbond substituents is 1. The first-order valence-electron chi connectivity index (χ1n) is 5.22. The van der Waals surface area contributed by atoms with Crippen LogP contribution < -0.4 is 10.5 Å². The molecule has 0 aliphatic heterocycles. The van der Waals surface area contributed by atoms with Gasteiger partial charge < -0.3 is 10.8 Å². The van der Waals surface area contributed by atoms with Gasteiger partial charge in [-0.2, -0.15) is 0 Å². The maximum absolute atomic E-state index is 12.1. The van der Waals surface area contributed by atoms with Gasteiger partial charge in [0, 0.05) is 0 Å². The fourth-order valence-electron chi connectivity index (χ4n) is 1.39. The number of hydrogen-bond acceptors (Lipinski definition) is 5. The molecule has 6 nitrogen and oxygen atoms in total. The standard InChI is InChI=1S/C11H9BrClN3O3S/c12-8-3-6(5-15-11(8)13)16-20(18,19)7-1-2-10(17)9(14)4-7/h1-5,16-17H,14H2. The van der Waals surface area contributed by atoms with E-state index >= 15 is 0 Å². The molecule has 1 aromatic heterocycles. The Morgan fingerprint density at radius 3 is 2.65 bits per heavy atom. The molecule has 1 aromatic carbocycles. The highest BCUT2D eigenvalue weighted by Crippen LogP contribution is 2.27. The van der Waals surface area contributed by atoms with Crippen LogP contribution in [0.4, 0.5) is 11.4 Å². The Balaban J connectivity index is 2.35. The number of anilines is 2. The Kier molecular flexibility index (Phi) is 4.07. The van der Waals surface area contributed by atoms with Crippen LogP contribution in [0, 0.1) is 0 Å². The number of nitrogens with two attached hydrogens (primary N) is 1. The van der Waals surface area contributed by atoms with Crippen LogP contribution in [-0.4, -0.2) is 18.5 Å². The van der Waals surface area contributed by atoms with Crippen LogP contribution in [-0.2, 0) is 10.0 Å². The SMILES string of the molecule is Nc1cc(S(=O)(=O)Nc2cnc(Cl)c(Br)c2)ccc1O. The Bertz CT molecular complexity index is 768. The third-order valence-electron chi connectivity index (χ3n) is 2.36. The molecule has 20 heavy (non-hydrogen) atoms. The van der Waals surface area contributed by atoms with Crippen molar-refractivity contribution in [1.82, 2.24) is 4.98 Å². The van der Waals surface area contributed by atoms with Crippen molar-refractivity contribution in [2.24, 2.45) is 0 Å². The number of nitrogens with zero attached hydrogens (tertiary/aromatic N) is 1. The number of hydrogen-bond donors (Lipinski definition) is 3. The fourth-order valence-corrected chi connectivity index (χ4v) is 2.91. The normalized spacial score (nSPS) is 11.3. The molecule has 0 atom stereocenters. The highest BCUT2D eigenvalue weighted by Gasteiger charge is 2.16. The number of nitrogen functional groups attached to an aromatic ring is 1. The van der Waals surface area contributed by atoms with Crippen LogP contribution in [0.15, 0.2) is 39.8 Å². The molecule has 0 saturated carbocycles. The third-order valence-corrected chi connectivity index (χ3v) is 4.87. The van der Waals surface area contributed by atoms with E-state index in [0.717, 1.165) is 6.07 Å². The summed E-state index contributed by atoms with van der Waals surface area (Å²) in [6, 6.07) is 5.10. The molecule has 0 fully saturated rings. The van der Waals surface area contributed by atoms with E-state index in [1.54, 1.807) is 0 Å². The van der Waals surface area contributed by atoms with E-state index < -0.39 is 10.0 Å². The average Bonchev–Trinajstić information content (AvgIpc) is 2.37. The molecule has 1 heterocycles. The molecule has 2 aromatic rings. The summed E-state index contributed by atoms with van der Waals surface area (Å²) in [5.74, 6) is -0.181. The van der Waals surface area contributed by atoms with E-state index in [4.69, 9.17) is 17.3 Å². The maximum atomic E-state index is 12.1. The summed E-state index contributed by atoms with van der Waals surface area (Å²) in [5.41, 5.74) is 5.69. The number of aromatic hydroxyl groups is 1. The third kappa shape index (κ3) is 3.14. The maximum Gasteiger partial charge on any atom is 0.262 e. The van der Waals surface area contributed by atoms with Crippen LogP contribution in [0.5, 0.6) is 5.75 Å². The lowest BCUT2D eigenvalue weighted by Gasteiger charge is -2.09. The Labute approximate surface area is 128 Å². The zero-order chi connectivity index (χ0) is 14.9. The van der Waals surface area contributed by atoms with Gasteiger partial charge in [-0.25, -0.2) is 13.4 Å². The van der Waals surface area contributed by atoms with E-state index in [1.807, 2.05) is 0 Å². The van der Waals surface area contributed by atoms with Gasteiger partial charge in [0.1, 0.15) is 10.9 Å². The molecule has 0 radical (unpaired) electrons. The molecule has 2 rings (SSSR count). The smallest absolute Gasteiger partial charge is 0.262 e. The highest BCUT2D eigenvalue weighted by atomic mass is 79.9. The van der Waals surface area contributed by atoms with E-state index in [-0.39, 0.29) is 27.2 Å². The van der Waals surface area contributed by atoms with Crippen LogP contribution in [0.2, 0.25) is 5.15 Å². The Morgan fingerprint density at radius 2 is 2.05 bits per heavy atom. The summed E-state index contributed by atoms with van der Waals surface area (Å²) in [7, 11) is -3.83. The summed E-state index contributed by atoms with van der Waals surface area (Å²) in [4.78, 5) is 3.74. The Hall–Kier alpha value is -1.51. The van der Waals surface area contributed by atoms with E-state index in [9.17, 15) is 13.5 Å². The quantitative estimate of drug-likeness (QED) is 0.432. The number of phenols is 1. The lowest BCUT2D eigenvalue weighted by Crippen LogP contribution is -2.13. The molecule has 0 aliphatic rings. The zero-order valence-corrected chi connectivity index (χ0v) is 13.0. The van der Waals surface area contributed by atoms with Crippen molar-refractivity contribution in [3.05, 3.63) is 40.1 Å². The molecular weight excluding hydrogens is 370 g/mol. The van der Waals surface area contributed by atoms with E-state index in [0.29, 0.717) is 4.47 Å². The van der Waals surface area contributed by atoms with Crippen molar-refractivity contribution in [2.75, 3.05) is 10.5 Å². The summed E-state index contributed by atoms with van der Waals surface area (Å²) < 4.78 is 27.1. The summed E-state index contributed by atoms with van der Waals surface area (Å²) in [6.45, 7) is 0. The van der Waals surface area contributed by atoms with Gasteiger partial charge in [-0.3, -0.25) is 4.72 Å². The molecule has 0 bridgehead atoms. The van der Waals surface area contributed by atoms with Gasteiger partial charge in [0.2, 0.25) is 0 Å². The van der Waals surface area contributed by atoms with Gasteiger partial charge in [-0.15, -0.1) is 0 Å². The van der Waals surface area contributed by atoms with Crippen molar-refractivity contribution in [1.29, 1.82) is 0 Å². The summed E-state index contributed by atoms with van der Waals surface area (Å²) >= 11 is 8.88. The second kappa shape index (κ2) is 5.47. The number of nitrogens with one attached hydrogen (secondary N) is 1. The van der Waals surface area contributed by atoms with Gasteiger partial charge in [-0.1, -0.05) is 11.6 Å². The second-order valence-electron chi connectivity index (χ2n) is 3.82. The lowest BCUT2D eigenvalue weighted by atomic mass is 10.3. The fraction of sp³-hybridized carbons (Fsp3) is 0. The lowest BCUT2D eigenvalue weighted by molar-refractivity contribution is 0.477. The van der Waals surface area contributed by atoms with Gasteiger partial charge in [0.05, 0.1) is 26.9 Å². The highest BCUT2D eigenvalue weighted by molar-refractivity contribution is 9.10. The second-order valence-corrected chi connectivity index (χ2v) is 6.72. The molecule has 0 aliphatic carbocycles. The van der Waals surface area contributed by atoms with Gasteiger partial charge in [0.15, 0.2) is 0 Å². The van der Waals surface area contributed by atoms with Crippen molar-refractivity contribution in [2.45, 2.75) is 4.90 Å². The molecule has 0 spiro atoms. The Morgan fingerprint density at radius 1 is 1.35 bits per heavy atom. The number of rotatable bonds is 3. The van der Waals surface area contributed by atoms with Crippen LogP contribution in [0.3, 0.4) is 0 Å². The average molecular weight is 379 g/mol. The zero-order valence-electron chi connectivity index (χ0n) is 9.84. The van der Waals surface area contributed by atoms with Crippen molar-refractivity contribution < 1.29 is 13.5 Å². The van der Waals surface area contributed by atoms with E-state index in [2.05, 4.69) is 25.6 Å². The van der Waals surface area contributed by atoms with Gasteiger partial charge in [-0.05, 0) is 40.2 Å². The molecule has 0 unspecified atom stereocenters. The minimum atomic E-state index is -3.83. The largest absolute Gasteiger partial charge is 0.506 e. The predicted octanol–water partition coefficient (Wildman–Crippen LogP) is 2.59.